The highest BCUT2D eigenvalue weighted by Crippen LogP contribution is 2.33. The van der Waals surface area contributed by atoms with Crippen LogP contribution >= 0.6 is 0 Å². The van der Waals surface area contributed by atoms with Crippen LogP contribution in [0.15, 0.2) is 24.3 Å². The number of hydrogen-bond donors (Lipinski definition) is 0. The van der Waals surface area contributed by atoms with E-state index in [2.05, 4.69) is 43.3 Å². The molecule has 0 aromatic heterocycles. The summed E-state index contributed by atoms with van der Waals surface area (Å²) in [5.41, 5.74) is 2.87. The third-order valence-electron chi connectivity index (χ3n) is 3.46. The maximum atomic E-state index is 2.36. The summed E-state index contributed by atoms with van der Waals surface area (Å²) in [6.07, 6.45) is 7.03. The molecule has 1 saturated carbocycles. The van der Waals surface area contributed by atoms with Crippen LogP contribution in [0.1, 0.15) is 43.6 Å². The first-order valence-electron chi connectivity index (χ1n) is 6.04. The van der Waals surface area contributed by atoms with Crippen LogP contribution in [0.3, 0.4) is 0 Å². The van der Waals surface area contributed by atoms with Gasteiger partial charge in [-0.3, -0.25) is 0 Å². The molecule has 0 atom stereocenters. The van der Waals surface area contributed by atoms with Crippen LogP contribution in [0.4, 0.5) is 5.69 Å². The normalized spacial score (nSPS) is 17.7. The van der Waals surface area contributed by atoms with Crippen molar-refractivity contribution in [1.82, 2.24) is 0 Å². The van der Waals surface area contributed by atoms with Crippen molar-refractivity contribution in [3.63, 3.8) is 0 Å². The topological polar surface area (TPSA) is 3.24 Å². The van der Waals surface area contributed by atoms with Crippen LogP contribution in [0, 0.1) is 0 Å². The van der Waals surface area contributed by atoms with Crippen LogP contribution in [-0.4, -0.2) is 14.1 Å². The van der Waals surface area contributed by atoms with Crippen molar-refractivity contribution in [3.05, 3.63) is 29.8 Å². The Hall–Kier alpha value is -0.980. The van der Waals surface area contributed by atoms with E-state index in [9.17, 15) is 0 Å². The predicted molar refractivity (Wildman–Crippen MR) is 66.6 cm³/mol. The fraction of sp³-hybridized carbons (Fsp3) is 0.571. The molecule has 1 nitrogen and oxygen atoms in total. The molecular formula is C14H21N. The van der Waals surface area contributed by atoms with Gasteiger partial charge in [-0.1, -0.05) is 31.4 Å². The lowest BCUT2D eigenvalue weighted by atomic mass is 9.84. The molecule has 0 saturated heterocycles. The summed E-state index contributed by atoms with van der Waals surface area (Å²) in [7, 11) is 4.22. The van der Waals surface area contributed by atoms with Crippen molar-refractivity contribution in [2.24, 2.45) is 0 Å². The summed E-state index contributed by atoms with van der Waals surface area (Å²) in [5.74, 6) is 0.818. The van der Waals surface area contributed by atoms with Gasteiger partial charge < -0.3 is 4.90 Å². The van der Waals surface area contributed by atoms with Crippen LogP contribution in [-0.2, 0) is 0 Å². The highest BCUT2D eigenvalue weighted by atomic mass is 15.1. The molecule has 1 aliphatic carbocycles. The van der Waals surface area contributed by atoms with E-state index in [0.29, 0.717) is 0 Å². The van der Waals surface area contributed by atoms with Gasteiger partial charge >= 0.3 is 0 Å². The summed E-state index contributed by atoms with van der Waals surface area (Å²) in [6, 6.07) is 9.03. The molecule has 0 bridgehead atoms. The molecule has 0 amide bonds. The average molecular weight is 203 g/mol. The fourth-order valence-electron chi connectivity index (χ4n) is 2.49. The van der Waals surface area contributed by atoms with Crippen LogP contribution in [0.25, 0.3) is 0 Å². The van der Waals surface area contributed by atoms with E-state index in [-0.39, 0.29) is 0 Å². The molecule has 0 heterocycles. The molecular weight excluding hydrogens is 182 g/mol. The molecule has 1 heteroatoms. The smallest absolute Gasteiger partial charge is 0.0363 e. The van der Waals surface area contributed by atoms with E-state index in [1.165, 1.54) is 37.8 Å². The zero-order chi connectivity index (χ0) is 10.7. The minimum absolute atomic E-state index is 0.818. The van der Waals surface area contributed by atoms with E-state index in [1.807, 2.05) is 0 Å². The molecule has 2 rings (SSSR count). The number of hydrogen-bond acceptors (Lipinski definition) is 1. The van der Waals surface area contributed by atoms with Crippen molar-refractivity contribution < 1.29 is 0 Å². The van der Waals surface area contributed by atoms with Crippen molar-refractivity contribution >= 4 is 5.69 Å². The monoisotopic (exact) mass is 203 g/mol. The number of benzene rings is 1. The number of nitrogens with zero attached hydrogens (tertiary/aromatic N) is 1. The Morgan fingerprint density at radius 2 is 1.80 bits per heavy atom. The highest BCUT2D eigenvalue weighted by molar-refractivity contribution is 5.47. The molecule has 0 radical (unpaired) electrons. The summed E-state index contributed by atoms with van der Waals surface area (Å²) in [4.78, 5) is 2.19. The minimum atomic E-state index is 0.818. The molecule has 1 fully saturated rings. The van der Waals surface area contributed by atoms with E-state index in [4.69, 9.17) is 0 Å². The van der Waals surface area contributed by atoms with Crippen molar-refractivity contribution in [1.29, 1.82) is 0 Å². The molecule has 0 N–H and O–H groups in total. The first-order chi connectivity index (χ1) is 7.27. The van der Waals surface area contributed by atoms with Crippen LogP contribution < -0.4 is 4.90 Å². The highest BCUT2D eigenvalue weighted by Gasteiger charge is 2.15. The van der Waals surface area contributed by atoms with Crippen molar-refractivity contribution in [3.8, 4) is 0 Å². The molecule has 1 aromatic carbocycles. The second kappa shape index (κ2) is 4.69. The molecule has 82 valence electrons. The maximum Gasteiger partial charge on any atom is 0.0363 e. The van der Waals surface area contributed by atoms with E-state index in [1.54, 1.807) is 5.56 Å². The van der Waals surface area contributed by atoms with Gasteiger partial charge in [-0.15, -0.1) is 0 Å². The third-order valence-corrected chi connectivity index (χ3v) is 3.46. The van der Waals surface area contributed by atoms with Crippen LogP contribution in [0.2, 0.25) is 0 Å². The third kappa shape index (κ3) is 2.53. The summed E-state index contributed by atoms with van der Waals surface area (Å²) < 4.78 is 0. The van der Waals surface area contributed by atoms with E-state index < -0.39 is 0 Å². The Kier molecular flexibility index (Phi) is 3.30. The first kappa shape index (κ1) is 10.5. The van der Waals surface area contributed by atoms with Gasteiger partial charge in [0.05, 0.1) is 0 Å². The second-order valence-electron chi connectivity index (χ2n) is 4.82. The Bertz CT molecular complexity index is 311. The average Bonchev–Trinajstić information content (AvgIpc) is 2.30. The number of rotatable bonds is 2. The quantitative estimate of drug-likeness (QED) is 0.706. The molecule has 1 aliphatic rings. The molecule has 1 aromatic rings. The molecule has 0 unspecified atom stereocenters. The lowest BCUT2D eigenvalue weighted by Crippen LogP contribution is -2.10. The van der Waals surface area contributed by atoms with Gasteiger partial charge in [0, 0.05) is 19.8 Å². The number of anilines is 1. The SMILES string of the molecule is CN(C)c1cccc(C2CCCCC2)c1. The molecule has 15 heavy (non-hydrogen) atoms. The van der Waals surface area contributed by atoms with E-state index >= 15 is 0 Å². The van der Waals surface area contributed by atoms with Gasteiger partial charge in [0.25, 0.3) is 0 Å². The van der Waals surface area contributed by atoms with Gasteiger partial charge in [0.15, 0.2) is 0 Å². The minimum Gasteiger partial charge on any atom is -0.378 e. The van der Waals surface area contributed by atoms with Crippen molar-refractivity contribution in [2.45, 2.75) is 38.0 Å². The van der Waals surface area contributed by atoms with Crippen LogP contribution in [0.5, 0.6) is 0 Å². The Labute approximate surface area is 93.1 Å². The van der Waals surface area contributed by atoms with Gasteiger partial charge in [0.2, 0.25) is 0 Å². The van der Waals surface area contributed by atoms with Gasteiger partial charge in [0.1, 0.15) is 0 Å². The fourth-order valence-corrected chi connectivity index (χ4v) is 2.49. The van der Waals surface area contributed by atoms with Gasteiger partial charge in [-0.2, -0.15) is 0 Å². The Morgan fingerprint density at radius 1 is 1.07 bits per heavy atom. The zero-order valence-electron chi connectivity index (χ0n) is 9.87. The molecule has 0 aliphatic heterocycles. The van der Waals surface area contributed by atoms with Crippen molar-refractivity contribution in [2.75, 3.05) is 19.0 Å². The maximum absolute atomic E-state index is 2.36. The van der Waals surface area contributed by atoms with Gasteiger partial charge in [-0.25, -0.2) is 0 Å². The molecule has 0 spiro atoms. The lowest BCUT2D eigenvalue weighted by molar-refractivity contribution is 0.443. The largest absolute Gasteiger partial charge is 0.378 e. The standard InChI is InChI=1S/C14H21N/c1-15(2)14-10-6-9-13(11-14)12-7-4-3-5-8-12/h6,9-12H,3-5,7-8H2,1-2H3. The van der Waals surface area contributed by atoms with E-state index in [0.717, 1.165) is 5.92 Å². The summed E-state index contributed by atoms with van der Waals surface area (Å²) in [5, 5.41) is 0. The Balaban J connectivity index is 2.16. The predicted octanol–water partition coefficient (Wildman–Crippen LogP) is 3.80. The van der Waals surface area contributed by atoms with Gasteiger partial charge in [-0.05, 0) is 36.5 Å². The lowest BCUT2D eigenvalue weighted by Gasteiger charge is -2.23. The Morgan fingerprint density at radius 3 is 2.47 bits per heavy atom. The summed E-state index contributed by atoms with van der Waals surface area (Å²) >= 11 is 0. The summed E-state index contributed by atoms with van der Waals surface area (Å²) in [6.45, 7) is 0. The first-order valence-corrected chi connectivity index (χ1v) is 6.04. The zero-order valence-corrected chi connectivity index (χ0v) is 9.87. The second-order valence-corrected chi connectivity index (χ2v) is 4.82.